The summed E-state index contributed by atoms with van der Waals surface area (Å²) in [6.45, 7) is 1.18. The van der Waals surface area contributed by atoms with Crippen LogP contribution < -0.4 is 0 Å². The highest BCUT2D eigenvalue weighted by Crippen LogP contribution is 2.24. The van der Waals surface area contributed by atoms with E-state index in [1.807, 2.05) is 44.4 Å². The molecule has 0 bridgehead atoms. The zero-order chi connectivity index (χ0) is 18.8. The van der Waals surface area contributed by atoms with E-state index in [9.17, 15) is 4.79 Å². The maximum atomic E-state index is 13.0. The molecule has 138 valence electrons. The topological polar surface area (TPSA) is 62.5 Å². The number of carbonyl (C=O) groups is 1. The van der Waals surface area contributed by atoms with Gasteiger partial charge in [-0.1, -0.05) is 29.4 Å². The summed E-state index contributed by atoms with van der Waals surface area (Å²) in [6, 6.07) is 13.8. The summed E-state index contributed by atoms with van der Waals surface area (Å²) in [7, 11) is 3.81. The van der Waals surface area contributed by atoms with E-state index >= 15 is 0 Å². The molecule has 1 aromatic carbocycles. The highest BCUT2D eigenvalue weighted by Gasteiger charge is 2.31. The molecule has 0 aliphatic carbocycles. The smallest absolute Gasteiger partial charge is 0.240 e. The normalized spacial score (nSPS) is 16.7. The first-order valence-corrected chi connectivity index (χ1v) is 9.00. The summed E-state index contributed by atoms with van der Waals surface area (Å²) < 4.78 is 5.43. The highest BCUT2D eigenvalue weighted by molar-refractivity contribution is 5.82. The Kier molecular flexibility index (Phi) is 4.73. The van der Waals surface area contributed by atoms with Gasteiger partial charge in [-0.2, -0.15) is 0 Å². The second kappa shape index (κ2) is 7.32. The van der Waals surface area contributed by atoms with Crippen molar-refractivity contribution in [3.8, 4) is 11.3 Å². The van der Waals surface area contributed by atoms with Crippen molar-refractivity contribution in [2.75, 3.05) is 14.1 Å². The lowest BCUT2D eigenvalue weighted by atomic mass is 9.94. The second-order valence-electron chi connectivity index (χ2n) is 7.01. The number of amides is 1. The van der Waals surface area contributed by atoms with Gasteiger partial charge >= 0.3 is 0 Å². The van der Waals surface area contributed by atoms with Crippen LogP contribution in [-0.2, 0) is 24.3 Å². The van der Waals surface area contributed by atoms with E-state index in [-0.39, 0.29) is 11.9 Å². The van der Waals surface area contributed by atoms with Crippen LogP contribution in [0.1, 0.15) is 16.9 Å². The van der Waals surface area contributed by atoms with Gasteiger partial charge in [-0.05, 0) is 36.7 Å². The van der Waals surface area contributed by atoms with Gasteiger partial charge in [0.15, 0.2) is 5.76 Å². The monoisotopic (exact) mass is 362 g/mol. The highest BCUT2D eigenvalue weighted by atomic mass is 16.5. The molecule has 0 unspecified atom stereocenters. The van der Waals surface area contributed by atoms with Crippen LogP contribution >= 0.6 is 0 Å². The average Bonchev–Trinajstić information content (AvgIpc) is 3.16. The molecule has 2 aromatic heterocycles. The average molecular weight is 362 g/mol. The number of pyridine rings is 1. The van der Waals surface area contributed by atoms with E-state index in [1.165, 1.54) is 11.1 Å². The van der Waals surface area contributed by atoms with E-state index < -0.39 is 0 Å². The number of fused-ring (bicyclic) bond motifs is 1. The molecule has 0 spiro atoms. The van der Waals surface area contributed by atoms with Crippen LogP contribution in [0.3, 0.4) is 0 Å². The molecular weight excluding hydrogens is 340 g/mol. The minimum atomic E-state index is -0.160. The minimum Gasteiger partial charge on any atom is -0.359 e. The first-order chi connectivity index (χ1) is 13.1. The lowest BCUT2D eigenvalue weighted by Crippen LogP contribution is -2.48. The molecule has 0 radical (unpaired) electrons. The van der Waals surface area contributed by atoms with E-state index in [1.54, 1.807) is 17.3 Å². The zero-order valence-electron chi connectivity index (χ0n) is 15.5. The Labute approximate surface area is 158 Å². The summed E-state index contributed by atoms with van der Waals surface area (Å²) in [5, 5.41) is 4.10. The largest absolute Gasteiger partial charge is 0.359 e. The van der Waals surface area contributed by atoms with Gasteiger partial charge in [0.2, 0.25) is 5.91 Å². The van der Waals surface area contributed by atoms with E-state index in [0.717, 1.165) is 24.2 Å². The van der Waals surface area contributed by atoms with E-state index in [0.29, 0.717) is 12.3 Å². The first-order valence-electron chi connectivity index (χ1n) is 9.00. The summed E-state index contributed by atoms with van der Waals surface area (Å²) in [5.74, 6) is 0.755. The summed E-state index contributed by atoms with van der Waals surface area (Å²) >= 11 is 0. The Morgan fingerprint density at radius 3 is 2.74 bits per heavy atom. The number of hydrogen-bond donors (Lipinski definition) is 0. The third-order valence-electron chi connectivity index (χ3n) is 5.07. The quantitative estimate of drug-likeness (QED) is 0.714. The van der Waals surface area contributed by atoms with Crippen LogP contribution in [0, 0.1) is 0 Å². The standard InChI is InChI=1S/C21H22N4O2/c1-24-13-17-6-4-3-5-16(17)11-20(24)21(26)25(2)14-18-12-19(23-27-18)15-7-9-22-10-8-15/h3-10,12,20H,11,13-14H2,1-2H3/t20-/m0/s1. The van der Waals surface area contributed by atoms with Gasteiger partial charge in [0.1, 0.15) is 5.69 Å². The number of hydrogen-bond acceptors (Lipinski definition) is 5. The molecule has 3 aromatic rings. The second-order valence-corrected chi connectivity index (χ2v) is 7.01. The molecule has 0 saturated carbocycles. The molecule has 0 N–H and O–H groups in total. The maximum absolute atomic E-state index is 13.0. The van der Waals surface area contributed by atoms with Crippen molar-refractivity contribution < 1.29 is 9.32 Å². The maximum Gasteiger partial charge on any atom is 0.240 e. The number of nitrogens with zero attached hydrogens (tertiary/aromatic N) is 4. The van der Waals surface area contributed by atoms with Crippen molar-refractivity contribution in [3.63, 3.8) is 0 Å². The van der Waals surface area contributed by atoms with Crippen molar-refractivity contribution in [1.82, 2.24) is 19.9 Å². The number of carbonyl (C=O) groups excluding carboxylic acids is 1. The number of aromatic nitrogens is 2. The zero-order valence-corrected chi connectivity index (χ0v) is 15.5. The molecular formula is C21H22N4O2. The van der Waals surface area contributed by atoms with Crippen molar-refractivity contribution >= 4 is 5.91 Å². The van der Waals surface area contributed by atoms with Gasteiger partial charge in [-0.15, -0.1) is 0 Å². The fourth-order valence-corrected chi connectivity index (χ4v) is 3.54. The van der Waals surface area contributed by atoms with Crippen molar-refractivity contribution in [2.24, 2.45) is 0 Å². The molecule has 1 aliphatic heterocycles. The predicted molar refractivity (Wildman–Crippen MR) is 102 cm³/mol. The molecule has 4 rings (SSSR count). The molecule has 6 heteroatoms. The lowest BCUT2D eigenvalue weighted by molar-refractivity contribution is -0.136. The number of benzene rings is 1. The van der Waals surface area contributed by atoms with Gasteiger partial charge in [-0.3, -0.25) is 14.7 Å². The van der Waals surface area contributed by atoms with Crippen molar-refractivity contribution in [3.05, 3.63) is 71.7 Å². The van der Waals surface area contributed by atoms with Gasteiger partial charge in [0, 0.05) is 37.6 Å². The molecule has 0 saturated heterocycles. The third-order valence-corrected chi connectivity index (χ3v) is 5.07. The first kappa shape index (κ1) is 17.4. The van der Waals surface area contributed by atoms with Gasteiger partial charge in [-0.25, -0.2) is 0 Å². The minimum absolute atomic E-state index is 0.0915. The third kappa shape index (κ3) is 3.61. The Morgan fingerprint density at radius 1 is 1.22 bits per heavy atom. The number of likely N-dealkylation sites (N-methyl/N-ethyl adjacent to an activating group) is 2. The lowest BCUT2D eigenvalue weighted by Gasteiger charge is -2.35. The Balaban J connectivity index is 1.45. The summed E-state index contributed by atoms with van der Waals surface area (Å²) in [6.07, 6.45) is 4.17. The van der Waals surface area contributed by atoms with Crippen LogP contribution in [0.15, 0.2) is 59.4 Å². The van der Waals surface area contributed by atoms with Crippen molar-refractivity contribution in [2.45, 2.75) is 25.6 Å². The Hall–Kier alpha value is -2.99. The summed E-state index contributed by atoms with van der Waals surface area (Å²) in [5.41, 5.74) is 4.24. The van der Waals surface area contributed by atoms with Crippen LogP contribution in [-0.4, -0.2) is 46.0 Å². The molecule has 6 nitrogen and oxygen atoms in total. The van der Waals surface area contributed by atoms with Crippen LogP contribution in [0.25, 0.3) is 11.3 Å². The molecule has 1 aliphatic rings. The summed E-state index contributed by atoms with van der Waals surface area (Å²) in [4.78, 5) is 20.9. The Morgan fingerprint density at radius 2 is 1.96 bits per heavy atom. The molecule has 0 fully saturated rings. The predicted octanol–water partition coefficient (Wildman–Crippen LogP) is 2.75. The van der Waals surface area contributed by atoms with Crippen LogP contribution in [0.2, 0.25) is 0 Å². The molecule has 1 amide bonds. The molecule has 1 atom stereocenters. The van der Waals surface area contributed by atoms with E-state index in [2.05, 4.69) is 27.2 Å². The van der Waals surface area contributed by atoms with Crippen molar-refractivity contribution in [1.29, 1.82) is 0 Å². The van der Waals surface area contributed by atoms with Gasteiger partial charge in [0.05, 0.1) is 12.6 Å². The number of rotatable bonds is 4. The van der Waals surface area contributed by atoms with Crippen LogP contribution in [0.5, 0.6) is 0 Å². The Bertz CT molecular complexity index is 938. The van der Waals surface area contributed by atoms with Crippen LogP contribution in [0.4, 0.5) is 0 Å². The fraction of sp³-hybridized carbons (Fsp3) is 0.286. The van der Waals surface area contributed by atoms with Gasteiger partial charge in [0.25, 0.3) is 0 Å². The van der Waals surface area contributed by atoms with Gasteiger partial charge < -0.3 is 9.42 Å². The SMILES string of the molecule is CN(Cc1cc(-c2ccncc2)no1)C(=O)[C@@H]1Cc2ccccc2CN1C. The molecule has 3 heterocycles. The molecule has 27 heavy (non-hydrogen) atoms. The van der Waals surface area contributed by atoms with E-state index in [4.69, 9.17) is 4.52 Å². The fourth-order valence-electron chi connectivity index (χ4n) is 3.54.